The number of amides is 1. The minimum Gasteiger partial charge on any atom is -0.508 e. The second-order valence-corrected chi connectivity index (χ2v) is 2.86. The summed E-state index contributed by atoms with van der Waals surface area (Å²) >= 11 is 0. The Labute approximate surface area is 87.1 Å². The fourth-order valence-electron chi connectivity index (χ4n) is 0.962. The van der Waals surface area contributed by atoms with Gasteiger partial charge >= 0.3 is 0 Å². The number of rotatable bonds is 3. The summed E-state index contributed by atoms with van der Waals surface area (Å²) in [5, 5.41) is 22.1. The van der Waals surface area contributed by atoms with Crippen LogP contribution in [-0.2, 0) is 0 Å². The molecule has 0 unspecified atom stereocenters. The summed E-state index contributed by atoms with van der Waals surface area (Å²) in [6, 6.07) is 3.71. The standard InChI is InChI=1S/C10H12N2O3/c1-2-5-11-12-10(15)8-6-7(13)3-4-9(8)14/h3-6,13-14H,2H2,1H3,(H,12,15)/b11-5+. The highest BCUT2D eigenvalue weighted by Crippen LogP contribution is 2.21. The molecule has 1 rings (SSSR count). The lowest BCUT2D eigenvalue weighted by Gasteiger charge is -2.02. The predicted molar refractivity (Wildman–Crippen MR) is 56.0 cm³/mol. The molecule has 0 aliphatic heterocycles. The number of hydrazone groups is 1. The quantitative estimate of drug-likeness (QED) is 0.397. The lowest BCUT2D eigenvalue weighted by molar-refractivity contribution is 0.0952. The van der Waals surface area contributed by atoms with Crippen LogP contribution >= 0.6 is 0 Å². The van der Waals surface area contributed by atoms with Crippen molar-refractivity contribution in [1.29, 1.82) is 0 Å². The third kappa shape index (κ3) is 2.98. The molecule has 0 saturated carbocycles. The van der Waals surface area contributed by atoms with E-state index in [1.807, 2.05) is 6.92 Å². The van der Waals surface area contributed by atoms with Crippen LogP contribution in [0.2, 0.25) is 0 Å². The summed E-state index contributed by atoms with van der Waals surface area (Å²) in [5.41, 5.74) is 2.22. The summed E-state index contributed by atoms with van der Waals surface area (Å²) in [5.74, 6) is -0.845. The molecule has 0 aliphatic carbocycles. The summed E-state index contributed by atoms with van der Waals surface area (Å²) < 4.78 is 0. The smallest absolute Gasteiger partial charge is 0.275 e. The zero-order chi connectivity index (χ0) is 11.3. The zero-order valence-corrected chi connectivity index (χ0v) is 8.27. The second-order valence-electron chi connectivity index (χ2n) is 2.86. The van der Waals surface area contributed by atoms with Crippen molar-refractivity contribution in [1.82, 2.24) is 5.43 Å². The first-order valence-electron chi connectivity index (χ1n) is 4.49. The van der Waals surface area contributed by atoms with Crippen LogP contribution in [0.4, 0.5) is 0 Å². The van der Waals surface area contributed by atoms with E-state index in [0.717, 1.165) is 0 Å². The Morgan fingerprint density at radius 3 is 2.93 bits per heavy atom. The molecule has 1 aromatic rings. The van der Waals surface area contributed by atoms with E-state index >= 15 is 0 Å². The first-order chi connectivity index (χ1) is 7.15. The first-order valence-corrected chi connectivity index (χ1v) is 4.49. The first kappa shape index (κ1) is 11.0. The number of carbonyl (C=O) groups is 1. The number of aromatic hydroxyl groups is 2. The van der Waals surface area contributed by atoms with Crippen molar-refractivity contribution in [2.24, 2.45) is 5.10 Å². The lowest BCUT2D eigenvalue weighted by atomic mass is 10.2. The van der Waals surface area contributed by atoms with Crippen LogP contribution in [0.5, 0.6) is 11.5 Å². The lowest BCUT2D eigenvalue weighted by Crippen LogP contribution is -2.17. The number of phenolic OH excluding ortho intramolecular Hbond substituents is 2. The third-order valence-corrected chi connectivity index (χ3v) is 1.66. The molecule has 0 radical (unpaired) electrons. The highest BCUT2D eigenvalue weighted by atomic mass is 16.3. The number of carbonyl (C=O) groups excluding carboxylic acids is 1. The molecular weight excluding hydrogens is 196 g/mol. The molecule has 1 aromatic carbocycles. The van der Waals surface area contributed by atoms with Crippen molar-refractivity contribution < 1.29 is 15.0 Å². The van der Waals surface area contributed by atoms with Crippen LogP contribution in [0.3, 0.4) is 0 Å². The molecule has 5 nitrogen and oxygen atoms in total. The Bertz CT molecular complexity index is 388. The van der Waals surface area contributed by atoms with Crippen molar-refractivity contribution in [3.05, 3.63) is 23.8 Å². The SMILES string of the molecule is CC/C=N/NC(=O)c1cc(O)ccc1O. The summed E-state index contributed by atoms with van der Waals surface area (Å²) in [4.78, 5) is 11.4. The molecule has 3 N–H and O–H groups in total. The fourth-order valence-corrected chi connectivity index (χ4v) is 0.962. The van der Waals surface area contributed by atoms with Gasteiger partial charge in [0.1, 0.15) is 11.5 Å². The molecular formula is C10H12N2O3. The molecule has 0 spiro atoms. The summed E-state index contributed by atoms with van der Waals surface area (Å²) in [6.45, 7) is 1.88. The Hall–Kier alpha value is -2.04. The van der Waals surface area contributed by atoms with E-state index in [4.69, 9.17) is 5.11 Å². The van der Waals surface area contributed by atoms with Crippen LogP contribution in [0.1, 0.15) is 23.7 Å². The average molecular weight is 208 g/mol. The maximum atomic E-state index is 11.4. The van der Waals surface area contributed by atoms with Gasteiger partial charge in [-0.1, -0.05) is 6.92 Å². The van der Waals surface area contributed by atoms with E-state index in [1.165, 1.54) is 24.4 Å². The number of benzene rings is 1. The molecule has 0 aromatic heterocycles. The Morgan fingerprint density at radius 2 is 2.27 bits per heavy atom. The molecule has 0 saturated heterocycles. The van der Waals surface area contributed by atoms with Crippen molar-refractivity contribution in [2.75, 3.05) is 0 Å². The van der Waals surface area contributed by atoms with Crippen molar-refractivity contribution >= 4 is 12.1 Å². The number of hydrogen-bond acceptors (Lipinski definition) is 4. The van der Waals surface area contributed by atoms with Crippen LogP contribution in [0, 0.1) is 0 Å². The number of nitrogens with one attached hydrogen (secondary N) is 1. The van der Waals surface area contributed by atoms with Crippen molar-refractivity contribution in [2.45, 2.75) is 13.3 Å². The molecule has 1 amide bonds. The fraction of sp³-hybridized carbons (Fsp3) is 0.200. The highest BCUT2D eigenvalue weighted by Gasteiger charge is 2.10. The van der Waals surface area contributed by atoms with Gasteiger partial charge in [0.2, 0.25) is 0 Å². The molecule has 5 heteroatoms. The number of hydrogen-bond donors (Lipinski definition) is 3. The Kier molecular flexibility index (Phi) is 3.68. The highest BCUT2D eigenvalue weighted by molar-refractivity contribution is 5.97. The minimum absolute atomic E-state index is 0.0109. The van der Waals surface area contributed by atoms with E-state index in [0.29, 0.717) is 6.42 Å². The van der Waals surface area contributed by atoms with Crippen LogP contribution in [-0.4, -0.2) is 22.3 Å². The van der Waals surface area contributed by atoms with Crippen molar-refractivity contribution in [3.63, 3.8) is 0 Å². The number of nitrogens with zero attached hydrogens (tertiary/aromatic N) is 1. The van der Waals surface area contributed by atoms with Crippen LogP contribution in [0.15, 0.2) is 23.3 Å². The zero-order valence-electron chi connectivity index (χ0n) is 8.27. The molecule has 0 bridgehead atoms. The van der Waals surface area contributed by atoms with E-state index in [1.54, 1.807) is 0 Å². The maximum Gasteiger partial charge on any atom is 0.275 e. The van der Waals surface area contributed by atoms with Gasteiger partial charge in [0.05, 0.1) is 5.56 Å². The molecule has 0 fully saturated rings. The molecule has 0 heterocycles. The summed E-state index contributed by atoms with van der Waals surface area (Å²) in [7, 11) is 0. The topological polar surface area (TPSA) is 81.9 Å². The van der Waals surface area contributed by atoms with E-state index in [2.05, 4.69) is 10.5 Å². The monoisotopic (exact) mass is 208 g/mol. The van der Waals surface area contributed by atoms with Gasteiger partial charge in [-0.05, 0) is 24.6 Å². The van der Waals surface area contributed by atoms with Gasteiger partial charge in [0.15, 0.2) is 0 Å². The Morgan fingerprint density at radius 1 is 1.53 bits per heavy atom. The van der Waals surface area contributed by atoms with Crippen LogP contribution < -0.4 is 5.43 Å². The van der Waals surface area contributed by atoms with Gasteiger partial charge < -0.3 is 10.2 Å². The Balaban J connectivity index is 2.81. The molecule has 15 heavy (non-hydrogen) atoms. The van der Waals surface area contributed by atoms with E-state index in [9.17, 15) is 9.90 Å². The van der Waals surface area contributed by atoms with Gasteiger partial charge in [-0.25, -0.2) is 5.43 Å². The normalized spacial score (nSPS) is 10.5. The summed E-state index contributed by atoms with van der Waals surface area (Å²) in [6.07, 6.45) is 2.23. The average Bonchev–Trinajstić information content (AvgIpc) is 2.22. The molecule has 0 aliphatic rings. The van der Waals surface area contributed by atoms with Gasteiger partial charge in [-0.15, -0.1) is 0 Å². The molecule has 0 atom stereocenters. The minimum atomic E-state index is -0.562. The van der Waals surface area contributed by atoms with E-state index in [-0.39, 0.29) is 17.1 Å². The van der Waals surface area contributed by atoms with Gasteiger partial charge in [0.25, 0.3) is 5.91 Å². The second kappa shape index (κ2) is 4.99. The van der Waals surface area contributed by atoms with Crippen molar-refractivity contribution in [3.8, 4) is 11.5 Å². The maximum absolute atomic E-state index is 11.4. The van der Waals surface area contributed by atoms with Gasteiger partial charge in [-0.3, -0.25) is 4.79 Å². The van der Waals surface area contributed by atoms with Gasteiger partial charge in [-0.2, -0.15) is 5.10 Å². The van der Waals surface area contributed by atoms with E-state index < -0.39 is 5.91 Å². The number of phenols is 2. The van der Waals surface area contributed by atoms with Crippen LogP contribution in [0.25, 0.3) is 0 Å². The largest absolute Gasteiger partial charge is 0.508 e. The van der Waals surface area contributed by atoms with Gasteiger partial charge in [0, 0.05) is 6.21 Å². The third-order valence-electron chi connectivity index (χ3n) is 1.66. The predicted octanol–water partition coefficient (Wildman–Crippen LogP) is 1.22. The molecule has 80 valence electrons.